The molecule has 0 radical (unpaired) electrons. The van der Waals surface area contributed by atoms with E-state index < -0.39 is 0 Å². The molecule has 0 spiro atoms. The lowest BCUT2D eigenvalue weighted by Crippen LogP contribution is -2.51. The molecule has 0 amide bonds. The van der Waals surface area contributed by atoms with Crippen LogP contribution in [0.15, 0.2) is 42.6 Å². The largest absolute Gasteiger partial charge is 0.387 e. The van der Waals surface area contributed by atoms with Crippen molar-refractivity contribution in [3.63, 3.8) is 0 Å². The molecular formula is C18H20ClN3O. The quantitative estimate of drug-likeness (QED) is 0.919. The van der Waals surface area contributed by atoms with Crippen molar-refractivity contribution < 1.29 is 5.11 Å². The van der Waals surface area contributed by atoms with Crippen LogP contribution in [0, 0.1) is 0 Å². The average Bonchev–Trinajstić information content (AvgIpc) is 2.93. The maximum atomic E-state index is 10.6. The highest BCUT2D eigenvalue weighted by Crippen LogP contribution is 2.34. The Labute approximate surface area is 141 Å². The fraction of sp³-hybridized carbons (Fsp3) is 0.389. The molecule has 1 saturated heterocycles. The summed E-state index contributed by atoms with van der Waals surface area (Å²) in [5, 5.41) is 11.3. The molecule has 2 atom stereocenters. The number of fused-ring (bicyclic) bond motifs is 1. The first-order valence-corrected chi connectivity index (χ1v) is 8.46. The summed E-state index contributed by atoms with van der Waals surface area (Å²) in [6, 6.07) is 12.3. The van der Waals surface area contributed by atoms with Gasteiger partial charge in [-0.25, -0.2) is 4.98 Å². The Morgan fingerprint density at radius 1 is 1.04 bits per heavy atom. The summed E-state index contributed by atoms with van der Waals surface area (Å²) in [5.41, 5.74) is 2.38. The number of pyridine rings is 1. The van der Waals surface area contributed by atoms with Crippen LogP contribution >= 0.6 is 11.6 Å². The van der Waals surface area contributed by atoms with Gasteiger partial charge in [0.2, 0.25) is 0 Å². The number of hydrogen-bond donors (Lipinski definition) is 1. The van der Waals surface area contributed by atoms with E-state index in [0.29, 0.717) is 5.02 Å². The highest BCUT2D eigenvalue weighted by Gasteiger charge is 2.36. The van der Waals surface area contributed by atoms with Gasteiger partial charge in [-0.05, 0) is 29.7 Å². The topological polar surface area (TPSA) is 39.6 Å². The summed E-state index contributed by atoms with van der Waals surface area (Å²) < 4.78 is 0. The SMILES string of the molecule is OC1c2ccccc2CC1N1CCN(c2ccc(Cl)cn2)CC1. The molecular weight excluding hydrogens is 310 g/mol. The minimum Gasteiger partial charge on any atom is -0.387 e. The second-order valence-corrected chi connectivity index (χ2v) is 6.71. The van der Waals surface area contributed by atoms with Gasteiger partial charge in [0.15, 0.2) is 0 Å². The van der Waals surface area contributed by atoms with Gasteiger partial charge in [0, 0.05) is 38.4 Å². The molecule has 1 aliphatic heterocycles. The maximum absolute atomic E-state index is 10.6. The molecule has 1 aromatic carbocycles. The number of halogens is 1. The first-order chi connectivity index (χ1) is 11.2. The van der Waals surface area contributed by atoms with Crippen LogP contribution in [0.2, 0.25) is 5.02 Å². The molecule has 120 valence electrons. The molecule has 2 aromatic rings. The van der Waals surface area contributed by atoms with Crippen molar-refractivity contribution in [1.29, 1.82) is 0 Å². The van der Waals surface area contributed by atoms with E-state index in [1.54, 1.807) is 6.20 Å². The highest BCUT2D eigenvalue weighted by molar-refractivity contribution is 6.30. The van der Waals surface area contributed by atoms with E-state index >= 15 is 0 Å². The van der Waals surface area contributed by atoms with Crippen LogP contribution in [-0.4, -0.2) is 47.2 Å². The van der Waals surface area contributed by atoms with Gasteiger partial charge in [0.25, 0.3) is 0 Å². The number of aliphatic hydroxyl groups excluding tert-OH is 1. The minimum atomic E-state index is -0.369. The molecule has 1 aliphatic carbocycles. The Bertz CT molecular complexity index is 683. The zero-order chi connectivity index (χ0) is 15.8. The number of rotatable bonds is 2. The Morgan fingerprint density at radius 2 is 1.83 bits per heavy atom. The number of benzene rings is 1. The summed E-state index contributed by atoms with van der Waals surface area (Å²) >= 11 is 5.90. The van der Waals surface area contributed by atoms with Gasteiger partial charge in [0.05, 0.1) is 11.1 Å². The van der Waals surface area contributed by atoms with Crippen molar-refractivity contribution in [2.45, 2.75) is 18.6 Å². The molecule has 1 N–H and O–H groups in total. The van der Waals surface area contributed by atoms with Crippen molar-refractivity contribution in [3.05, 3.63) is 58.7 Å². The lowest BCUT2D eigenvalue weighted by Gasteiger charge is -2.39. The van der Waals surface area contributed by atoms with Gasteiger partial charge in [-0.2, -0.15) is 0 Å². The number of aliphatic hydroxyl groups is 1. The molecule has 2 heterocycles. The van der Waals surface area contributed by atoms with E-state index in [2.05, 4.69) is 26.9 Å². The van der Waals surface area contributed by atoms with Gasteiger partial charge in [0.1, 0.15) is 5.82 Å². The molecule has 4 nitrogen and oxygen atoms in total. The molecule has 23 heavy (non-hydrogen) atoms. The molecule has 0 bridgehead atoms. The Balaban J connectivity index is 1.42. The van der Waals surface area contributed by atoms with Crippen molar-refractivity contribution in [2.75, 3.05) is 31.1 Å². The van der Waals surface area contributed by atoms with E-state index in [4.69, 9.17) is 11.6 Å². The van der Waals surface area contributed by atoms with E-state index in [9.17, 15) is 5.11 Å². The third-order valence-electron chi connectivity index (χ3n) is 4.99. The molecule has 2 unspecified atom stereocenters. The van der Waals surface area contributed by atoms with Crippen molar-refractivity contribution in [2.24, 2.45) is 0 Å². The van der Waals surface area contributed by atoms with Crippen LogP contribution < -0.4 is 4.90 Å². The monoisotopic (exact) mass is 329 g/mol. The van der Waals surface area contributed by atoms with Gasteiger partial charge >= 0.3 is 0 Å². The third-order valence-corrected chi connectivity index (χ3v) is 5.21. The van der Waals surface area contributed by atoms with Crippen molar-refractivity contribution in [3.8, 4) is 0 Å². The predicted octanol–water partition coefficient (Wildman–Crippen LogP) is 2.52. The van der Waals surface area contributed by atoms with Crippen LogP contribution in [-0.2, 0) is 6.42 Å². The molecule has 2 aliphatic rings. The second kappa shape index (κ2) is 6.11. The zero-order valence-corrected chi connectivity index (χ0v) is 13.7. The fourth-order valence-electron chi connectivity index (χ4n) is 3.72. The number of anilines is 1. The van der Waals surface area contributed by atoms with Gasteiger partial charge < -0.3 is 10.0 Å². The first-order valence-electron chi connectivity index (χ1n) is 8.09. The van der Waals surface area contributed by atoms with Crippen LogP contribution in [0.5, 0.6) is 0 Å². The molecule has 1 fully saturated rings. The number of aromatic nitrogens is 1. The van der Waals surface area contributed by atoms with E-state index in [0.717, 1.165) is 44.0 Å². The normalized spacial score (nSPS) is 24.7. The number of piperazine rings is 1. The zero-order valence-electron chi connectivity index (χ0n) is 12.9. The summed E-state index contributed by atoms with van der Waals surface area (Å²) in [7, 11) is 0. The maximum Gasteiger partial charge on any atom is 0.128 e. The molecule has 0 saturated carbocycles. The molecule has 1 aromatic heterocycles. The first kappa shape index (κ1) is 14.9. The van der Waals surface area contributed by atoms with Gasteiger partial charge in [-0.1, -0.05) is 35.9 Å². The summed E-state index contributed by atoms with van der Waals surface area (Å²) in [5.74, 6) is 0.976. The molecule has 5 heteroatoms. The standard InChI is InChI=1S/C18H20ClN3O/c19-14-5-6-17(20-12-14)22-9-7-21(8-10-22)16-11-13-3-1-2-4-15(13)18(16)23/h1-6,12,16,18,23H,7-11H2. The Hall–Kier alpha value is -1.62. The lowest BCUT2D eigenvalue weighted by molar-refractivity contribution is 0.0571. The second-order valence-electron chi connectivity index (χ2n) is 6.27. The minimum absolute atomic E-state index is 0.202. The number of hydrogen-bond acceptors (Lipinski definition) is 4. The fourth-order valence-corrected chi connectivity index (χ4v) is 3.83. The van der Waals surface area contributed by atoms with Crippen LogP contribution in [0.4, 0.5) is 5.82 Å². The summed E-state index contributed by atoms with van der Waals surface area (Å²) in [6.07, 6.45) is 2.27. The lowest BCUT2D eigenvalue weighted by atomic mass is 10.1. The summed E-state index contributed by atoms with van der Waals surface area (Å²) in [6.45, 7) is 3.74. The average molecular weight is 330 g/mol. The highest BCUT2D eigenvalue weighted by atomic mass is 35.5. The van der Waals surface area contributed by atoms with Gasteiger partial charge in [-0.15, -0.1) is 0 Å². The van der Waals surface area contributed by atoms with E-state index in [1.807, 2.05) is 24.3 Å². The van der Waals surface area contributed by atoms with Crippen LogP contribution in [0.3, 0.4) is 0 Å². The van der Waals surface area contributed by atoms with Crippen LogP contribution in [0.25, 0.3) is 0 Å². The van der Waals surface area contributed by atoms with E-state index in [1.165, 1.54) is 5.56 Å². The van der Waals surface area contributed by atoms with Crippen molar-refractivity contribution >= 4 is 17.4 Å². The third kappa shape index (κ3) is 2.82. The van der Waals surface area contributed by atoms with Gasteiger partial charge in [-0.3, -0.25) is 4.90 Å². The van der Waals surface area contributed by atoms with Crippen molar-refractivity contribution in [1.82, 2.24) is 9.88 Å². The Morgan fingerprint density at radius 3 is 2.52 bits per heavy atom. The number of nitrogens with zero attached hydrogens (tertiary/aromatic N) is 3. The molecule has 4 rings (SSSR count). The predicted molar refractivity (Wildman–Crippen MR) is 91.9 cm³/mol. The van der Waals surface area contributed by atoms with E-state index in [-0.39, 0.29) is 12.1 Å². The summed E-state index contributed by atoms with van der Waals surface area (Å²) in [4.78, 5) is 9.09. The Kier molecular flexibility index (Phi) is 3.97. The van der Waals surface area contributed by atoms with Crippen LogP contribution in [0.1, 0.15) is 17.2 Å². The smallest absolute Gasteiger partial charge is 0.128 e.